The Hall–Kier alpha value is -1.06. The molecule has 1 aliphatic carbocycles. The van der Waals surface area contributed by atoms with Crippen molar-refractivity contribution in [2.75, 3.05) is 0 Å². The molecule has 0 amide bonds. The Morgan fingerprint density at radius 1 is 1.33 bits per heavy atom. The van der Waals surface area contributed by atoms with Crippen LogP contribution in [0.4, 0.5) is 0 Å². The van der Waals surface area contributed by atoms with Crippen molar-refractivity contribution < 1.29 is 0 Å². The van der Waals surface area contributed by atoms with E-state index in [1.165, 1.54) is 12.8 Å². The summed E-state index contributed by atoms with van der Waals surface area (Å²) in [7, 11) is 0. The normalized spacial score (nSPS) is 15.1. The summed E-state index contributed by atoms with van der Waals surface area (Å²) >= 11 is 12.1. The molecule has 1 fully saturated rings. The summed E-state index contributed by atoms with van der Waals surface area (Å²) in [5, 5.41) is 9.18. The van der Waals surface area contributed by atoms with Gasteiger partial charge in [0.2, 0.25) is 0 Å². The van der Waals surface area contributed by atoms with Gasteiger partial charge in [-0.25, -0.2) is 0 Å². The van der Waals surface area contributed by atoms with E-state index in [2.05, 4.69) is 14.8 Å². The lowest BCUT2D eigenvalue weighted by atomic mass is 10.1. The second kappa shape index (κ2) is 4.56. The molecule has 1 heterocycles. The number of aromatic nitrogens is 3. The van der Waals surface area contributed by atoms with E-state index < -0.39 is 0 Å². The van der Waals surface area contributed by atoms with Crippen LogP contribution in [-0.2, 0) is 5.88 Å². The molecule has 1 aliphatic rings. The first-order valence-corrected chi connectivity index (χ1v) is 6.88. The van der Waals surface area contributed by atoms with Gasteiger partial charge in [0, 0.05) is 16.6 Å². The van der Waals surface area contributed by atoms with Crippen LogP contribution >= 0.6 is 23.2 Å². The third kappa shape index (κ3) is 2.02. The molecule has 2 aromatic rings. The molecule has 3 nitrogen and oxygen atoms in total. The Bertz CT molecular complexity index is 588. The molecule has 0 N–H and O–H groups in total. The summed E-state index contributed by atoms with van der Waals surface area (Å²) in [6, 6.07) is 6.48. The van der Waals surface area contributed by atoms with Crippen LogP contribution in [0.1, 0.15) is 30.3 Å². The monoisotopic (exact) mass is 281 g/mol. The standard InChI is InChI=1S/C13H13Cl2N3/c1-8-2-3-9(6-11(8)15)13-17-16-12(7-14)18(13)10-4-5-10/h2-3,6,10H,4-5,7H2,1H3. The quantitative estimate of drug-likeness (QED) is 0.797. The SMILES string of the molecule is Cc1ccc(-c2nnc(CCl)n2C2CC2)cc1Cl. The maximum atomic E-state index is 6.17. The van der Waals surface area contributed by atoms with Crippen molar-refractivity contribution in [1.29, 1.82) is 0 Å². The van der Waals surface area contributed by atoms with Crippen LogP contribution < -0.4 is 0 Å². The fourth-order valence-corrected chi connectivity index (χ4v) is 2.42. The smallest absolute Gasteiger partial charge is 0.164 e. The van der Waals surface area contributed by atoms with E-state index in [1.54, 1.807) is 0 Å². The summed E-state index contributed by atoms with van der Waals surface area (Å²) < 4.78 is 2.15. The molecule has 3 rings (SSSR count). The third-order valence-corrected chi connectivity index (χ3v) is 3.87. The lowest BCUT2D eigenvalue weighted by Crippen LogP contribution is -2.01. The van der Waals surface area contributed by atoms with E-state index in [9.17, 15) is 0 Å². The predicted octanol–water partition coefficient (Wildman–Crippen LogP) is 3.98. The van der Waals surface area contributed by atoms with Gasteiger partial charge < -0.3 is 4.57 Å². The van der Waals surface area contributed by atoms with Gasteiger partial charge in [0.15, 0.2) is 5.82 Å². The van der Waals surface area contributed by atoms with Crippen molar-refractivity contribution in [3.63, 3.8) is 0 Å². The summed E-state index contributed by atoms with van der Waals surface area (Å²) in [4.78, 5) is 0. The van der Waals surface area contributed by atoms with Crippen molar-refractivity contribution in [3.8, 4) is 11.4 Å². The summed E-state index contributed by atoms with van der Waals surface area (Å²) in [6.07, 6.45) is 2.35. The van der Waals surface area contributed by atoms with Crippen LogP contribution in [0.2, 0.25) is 5.02 Å². The Morgan fingerprint density at radius 3 is 2.72 bits per heavy atom. The van der Waals surface area contributed by atoms with Gasteiger partial charge in [0.25, 0.3) is 0 Å². The van der Waals surface area contributed by atoms with Crippen LogP contribution in [-0.4, -0.2) is 14.8 Å². The van der Waals surface area contributed by atoms with Gasteiger partial charge in [-0.05, 0) is 31.4 Å². The molecular formula is C13H13Cl2N3. The van der Waals surface area contributed by atoms with Gasteiger partial charge >= 0.3 is 0 Å². The third-order valence-electron chi connectivity index (χ3n) is 3.23. The lowest BCUT2D eigenvalue weighted by Gasteiger charge is -2.08. The van der Waals surface area contributed by atoms with Gasteiger partial charge in [-0.1, -0.05) is 23.7 Å². The van der Waals surface area contributed by atoms with Gasteiger partial charge in [-0.3, -0.25) is 0 Å². The fraction of sp³-hybridized carbons (Fsp3) is 0.385. The molecule has 0 atom stereocenters. The fourth-order valence-electron chi connectivity index (χ4n) is 2.06. The largest absolute Gasteiger partial charge is 0.307 e. The molecule has 94 valence electrons. The molecule has 0 spiro atoms. The molecule has 1 aromatic heterocycles. The number of halogens is 2. The summed E-state index contributed by atoms with van der Waals surface area (Å²) in [5.41, 5.74) is 2.07. The minimum Gasteiger partial charge on any atom is -0.307 e. The molecule has 0 radical (unpaired) electrons. The number of rotatable bonds is 3. The average Bonchev–Trinajstić information content (AvgIpc) is 3.12. The maximum Gasteiger partial charge on any atom is 0.164 e. The lowest BCUT2D eigenvalue weighted by molar-refractivity contribution is 0.712. The number of hydrogen-bond donors (Lipinski definition) is 0. The Morgan fingerprint density at radius 2 is 2.11 bits per heavy atom. The van der Waals surface area contributed by atoms with E-state index in [1.807, 2.05) is 25.1 Å². The average molecular weight is 282 g/mol. The van der Waals surface area contributed by atoms with E-state index in [4.69, 9.17) is 23.2 Å². The Labute approximate surface area is 116 Å². The van der Waals surface area contributed by atoms with Crippen molar-refractivity contribution in [2.24, 2.45) is 0 Å². The van der Waals surface area contributed by atoms with Gasteiger partial charge in [-0.2, -0.15) is 0 Å². The first-order chi connectivity index (χ1) is 8.70. The molecule has 0 unspecified atom stereocenters. The predicted molar refractivity (Wildman–Crippen MR) is 73.0 cm³/mol. The van der Waals surface area contributed by atoms with Crippen molar-refractivity contribution in [2.45, 2.75) is 31.7 Å². The van der Waals surface area contributed by atoms with Crippen LogP contribution in [0.5, 0.6) is 0 Å². The first-order valence-electron chi connectivity index (χ1n) is 5.97. The van der Waals surface area contributed by atoms with Crippen LogP contribution in [0.3, 0.4) is 0 Å². The topological polar surface area (TPSA) is 30.7 Å². The molecule has 18 heavy (non-hydrogen) atoms. The highest BCUT2D eigenvalue weighted by atomic mass is 35.5. The van der Waals surface area contributed by atoms with Gasteiger partial charge in [0.1, 0.15) is 5.82 Å². The Kier molecular flexibility index (Phi) is 3.04. The number of aryl methyl sites for hydroxylation is 1. The van der Waals surface area contributed by atoms with Crippen LogP contribution in [0, 0.1) is 6.92 Å². The highest BCUT2D eigenvalue weighted by Gasteiger charge is 2.29. The second-order valence-corrected chi connectivity index (χ2v) is 5.31. The van der Waals surface area contributed by atoms with Crippen LogP contribution in [0.25, 0.3) is 11.4 Å². The van der Waals surface area contributed by atoms with Gasteiger partial charge in [0.05, 0.1) is 5.88 Å². The zero-order valence-corrected chi connectivity index (χ0v) is 11.5. The molecule has 0 aliphatic heterocycles. The first kappa shape index (κ1) is 12.0. The molecular weight excluding hydrogens is 269 g/mol. The van der Waals surface area contributed by atoms with Crippen LogP contribution in [0.15, 0.2) is 18.2 Å². The minimum atomic E-state index is 0.392. The number of hydrogen-bond acceptors (Lipinski definition) is 2. The molecule has 0 bridgehead atoms. The minimum absolute atomic E-state index is 0.392. The highest BCUT2D eigenvalue weighted by Crippen LogP contribution is 2.39. The second-order valence-electron chi connectivity index (χ2n) is 4.64. The maximum absolute atomic E-state index is 6.17. The zero-order valence-electron chi connectivity index (χ0n) is 10.0. The van der Waals surface area contributed by atoms with E-state index in [-0.39, 0.29) is 0 Å². The van der Waals surface area contributed by atoms with Crippen molar-refractivity contribution in [3.05, 3.63) is 34.6 Å². The van der Waals surface area contributed by atoms with E-state index >= 15 is 0 Å². The number of nitrogens with zero attached hydrogens (tertiary/aromatic N) is 3. The van der Waals surface area contributed by atoms with Crippen molar-refractivity contribution >= 4 is 23.2 Å². The highest BCUT2D eigenvalue weighted by molar-refractivity contribution is 6.31. The number of benzene rings is 1. The summed E-state index contributed by atoms with van der Waals surface area (Å²) in [6.45, 7) is 1.99. The molecule has 0 saturated heterocycles. The molecule has 1 saturated carbocycles. The molecule has 1 aromatic carbocycles. The van der Waals surface area contributed by atoms with Gasteiger partial charge in [-0.15, -0.1) is 21.8 Å². The summed E-state index contributed by atoms with van der Waals surface area (Å²) in [5.74, 6) is 2.10. The number of alkyl halides is 1. The molecule has 5 heteroatoms. The van der Waals surface area contributed by atoms with E-state index in [0.29, 0.717) is 11.9 Å². The Balaban J connectivity index is 2.10. The van der Waals surface area contributed by atoms with Crippen molar-refractivity contribution in [1.82, 2.24) is 14.8 Å². The zero-order chi connectivity index (χ0) is 12.7. The van der Waals surface area contributed by atoms with E-state index in [0.717, 1.165) is 27.8 Å².